The molecule has 16 nitrogen and oxygen atoms in total. The number of phenols is 8. The molecule has 0 spiro atoms. The highest BCUT2D eigenvalue weighted by molar-refractivity contribution is 6.04. The Bertz CT molecular complexity index is 3110. The molecule has 0 fully saturated rings. The molecule has 16 heteroatoms. The smallest absolute Gasteiger partial charge is 0.139 e. The third-order valence-electron chi connectivity index (χ3n) is 13.2. The Balaban J connectivity index is 1.52. The number of aromatic amines is 2. The maximum atomic E-state index is 12.0. The van der Waals surface area contributed by atoms with Crippen LogP contribution in [0.2, 0.25) is 0 Å². The Morgan fingerprint density at radius 1 is 0.278 bits per heavy atom. The van der Waals surface area contributed by atoms with Gasteiger partial charge >= 0.3 is 0 Å². The van der Waals surface area contributed by atoms with Gasteiger partial charge in [-0.15, -0.1) is 0 Å². The van der Waals surface area contributed by atoms with Crippen molar-refractivity contribution in [3.63, 3.8) is 0 Å². The second kappa shape index (κ2) is 16.7. The fourth-order valence-electron chi connectivity index (χ4n) is 9.22. The van der Waals surface area contributed by atoms with Gasteiger partial charge in [-0.05, 0) is 48.6 Å². The summed E-state index contributed by atoms with van der Waals surface area (Å²) >= 11 is 0. The molecule has 0 unspecified atom stereocenters. The van der Waals surface area contributed by atoms with Gasteiger partial charge in [0.1, 0.15) is 68.7 Å². The van der Waals surface area contributed by atoms with Gasteiger partial charge in [0.2, 0.25) is 0 Å². The van der Waals surface area contributed by atoms with Crippen LogP contribution in [0.4, 0.5) is 22.7 Å². The van der Waals surface area contributed by atoms with Crippen molar-refractivity contribution >= 4 is 69.1 Å². The van der Waals surface area contributed by atoms with E-state index in [1.165, 1.54) is 0 Å². The number of nitrogens with one attached hydrogen (secondary N) is 2. The molecule has 10 N–H and O–H groups in total. The topological polar surface area (TPSA) is 219 Å². The van der Waals surface area contributed by atoms with E-state index in [4.69, 9.17) is 9.97 Å². The van der Waals surface area contributed by atoms with Crippen molar-refractivity contribution in [3.8, 4) is 90.5 Å². The summed E-state index contributed by atoms with van der Waals surface area (Å²) in [7, 11) is 22.9. The maximum Gasteiger partial charge on any atom is 0.139 e. The van der Waals surface area contributed by atoms with E-state index in [1.54, 1.807) is 97.1 Å². The van der Waals surface area contributed by atoms with Gasteiger partial charge in [0.25, 0.3) is 0 Å². The Labute approximate surface area is 417 Å². The highest BCUT2D eigenvalue weighted by Gasteiger charge is 2.30. The summed E-state index contributed by atoms with van der Waals surface area (Å²) < 4.78 is 1.13. The zero-order valence-corrected chi connectivity index (χ0v) is 42.5. The Hall–Kier alpha value is -8.28. The summed E-state index contributed by atoms with van der Waals surface area (Å²) in [6, 6.07) is 19.6. The first-order valence-corrected chi connectivity index (χ1v) is 23.2. The number of hydrogen-bond donors (Lipinski definition) is 10. The van der Waals surface area contributed by atoms with Crippen LogP contribution in [0, 0.1) is 0 Å². The van der Waals surface area contributed by atoms with Crippen molar-refractivity contribution in [3.05, 3.63) is 95.6 Å². The first-order chi connectivity index (χ1) is 33.5. The van der Waals surface area contributed by atoms with Crippen molar-refractivity contribution in [2.45, 2.75) is 0 Å². The lowest BCUT2D eigenvalue weighted by Crippen LogP contribution is -2.34. The third-order valence-corrected chi connectivity index (χ3v) is 13.2. The average molecular weight is 975 g/mol. The zero-order chi connectivity index (χ0) is 52.3. The van der Waals surface area contributed by atoms with Crippen LogP contribution >= 0.6 is 0 Å². The number of fused-ring (bicyclic) bond motifs is 8. The van der Waals surface area contributed by atoms with Gasteiger partial charge in [0.05, 0.1) is 130 Å². The Morgan fingerprint density at radius 3 is 0.597 bits per heavy atom. The second-order valence-electron chi connectivity index (χ2n) is 22.0. The van der Waals surface area contributed by atoms with Crippen LogP contribution in [0.15, 0.2) is 72.8 Å². The molecule has 7 aromatic rings. The molecule has 3 aromatic heterocycles. The molecule has 0 radical (unpaired) electrons. The Morgan fingerprint density at radius 2 is 0.444 bits per heavy atom. The molecule has 0 atom stereocenters. The predicted molar refractivity (Wildman–Crippen MR) is 292 cm³/mol. The third kappa shape index (κ3) is 8.49. The first kappa shape index (κ1) is 48.7. The van der Waals surface area contributed by atoms with Crippen molar-refractivity contribution < 1.29 is 40.9 Å². The minimum atomic E-state index is -0.241. The molecule has 2 aliphatic heterocycles. The maximum absolute atomic E-state index is 12.0. The van der Waals surface area contributed by atoms with E-state index >= 15 is 0 Å². The van der Waals surface area contributed by atoms with Crippen molar-refractivity contribution in [2.75, 3.05) is 84.6 Å². The molecule has 0 saturated carbocycles. The van der Waals surface area contributed by atoms with E-state index in [9.17, 15) is 40.9 Å². The highest BCUT2D eigenvalue weighted by atomic mass is 16.3. The highest BCUT2D eigenvalue weighted by Crippen LogP contribution is 2.51. The van der Waals surface area contributed by atoms with Gasteiger partial charge in [-0.25, -0.2) is 9.97 Å². The molecule has 2 aliphatic rings. The van der Waals surface area contributed by atoms with Crippen LogP contribution in [-0.4, -0.2) is 145 Å². The average Bonchev–Trinajstić information content (AvgIpc) is 4.10. The number of aromatic hydroxyl groups is 8. The van der Waals surface area contributed by atoms with Gasteiger partial charge in [-0.1, -0.05) is 0 Å². The zero-order valence-electron chi connectivity index (χ0n) is 42.5. The van der Waals surface area contributed by atoms with E-state index < -0.39 is 0 Å². The minimum absolute atomic E-state index is 0.0523. The number of hydrogen-bond acceptors (Lipinski definition) is 10. The van der Waals surface area contributed by atoms with E-state index in [2.05, 4.69) is 9.97 Å². The fraction of sp³-hybridized carbons (Fsp3) is 0.214. The first-order valence-electron chi connectivity index (χ1n) is 23.2. The molecule has 72 heavy (non-hydrogen) atoms. The summed E-state index contributed by atoms with van der Waals surface area (Å²) in [5.74, 6) is -1.93. The summed E-state index contributed by atoms with van der Waals surface area (Å²) in [6.07, 6.45) is 6.81. The number of aromatic nitrogens is 4. The number of quaternary nitrogens is 4. The quantitative estimate of drug-likeness (QED) is 0.0650. The lowest BCUT2D eigenvalue weighted by Gasteiger charge is -2.24. The molecular formula is C56H62N8O8+4. The number of rotatable bonds is 8. The van der Waals surface area contributed by atoms with E-state index in [1.807, 2.05) is 84.6 Å². The molecule has 0 amide bonds. The summed E-state index contributed by atoms with van der Waals surface area (Å²) in [6.45, 7) is 0. The van der Waals surface area contributed by atoms with E-state index in [-0.39, 0.29) is 131 Å². The Kier molecular flexibility index (Phi) is 11.3. The monoisotopic (exact) mass is 974 g/mol. The molecular weight excluding hydrogens is 913 g/mol. The predicted octanol–water partition coefficient (Wildman–Crippen LogP) is 9.76. The van der Waals surface area contributed by atoms with Crippen molar-refractivity contribution in [2.24, 2.45) is 0 Å². The largest absolute Gasteiger partial charge is 0.507 e. The molecule has 4 aromatic carbocycles. The van der Waals surface area contributed by atoms with Gasteiger partial charge in [-0.3, -0.25) is 17.9 Å². The molecule has 370 valence electrons. The van der Waals surface area contributed by atoms with Gasteiger partial charge in [0, 0.05) is 92.9 Å². The second-order valence-corrected chi connectivity index (χ2v) is 22.0. The lowest BCUT2D eigenvalue weighted by atomic mass is 10.00. The van der Waals surface area contributed by atoms with E-state index in [0.717, 1.165) is 0 Å². The van der Waals surface area contributed by atoms with Crippen LogP contribution in [0.1, 0.15) is 22.8 Å². The molecule has 0 aliphatic carbocycles. The van der Waals surface area contributed by atoms with Crippen LogP contribution in [0.5, 0.6) is 46.0 Å². The van der Waals surface area contributed by atoms with Crippen LogP contribution in [-0.2, 0) is 0 Å². The number of phenolic OH excluding ortho intramolecular Hbond substituents is 8. The standard InChI is InChI=1S/C56H58N8O8/c1-61(2,3)29-21-41(65)53(42(66)22-29)49-33-13-15-35(57-33)50(54-43(67)23-30(24-44(54)68)62(4,5)6)37-17-19-39(59-37)52(56-47(71)27-32(28-48(56)72)64(10,11)12)40-20-18-38(60-40)51(36-16-14-34(49)58-36)55-45(69)25-31(26-46(55)70)63(7,8)9/h13-28H,1-12H3,(H6-4,57,58,59,60,65,66,67,68,69,70,71,72)/p+4. The number of nitrogens with zero attached hydrogens (tertiary/aromatic N) is 6. The van der Waals surface area contributed by atoms with Gasteiger partial charge in [-0.2, -0.15) is 0 Å². The van der Waals surface area contributed by atoms with Crippen LogP contribution < -0.4 is 17.9 Å². The molecule has 0 saturated heterocycles. The van der Waals surface area contributed by atoms with Crippen molar-refractivity contribution in [1.29, 1.82) is 0 Å². The van der Waals surface area contributed by atoms with Crippen LogP contribution in [0.25, 0.3) is 90.9 Å². The number of benzene rings is 4. The summed E-state index contributed by atoms with van der Waals surface area (Å²) in [5.41, 5.74) is 6.28. The summed E-state index contributed by atoms with van der Waals surface area (Å²) in [5, 5.41) is 95.7. The van der Waals surface area contributed by atoms with Crippen LogP contribution in [0.3, 0.4) is 0 Å². The SMILES string of the molecule is C[N+](C)(C)c1cc(O)c(-c2c3nc(c(-c4c(O)cc([N+](C)(C)C)cc4O)c4ccc([nH]4)c(-c4c(O)cc([N+](C)(C)C)cc4O)c4nc(c(-c5c(O)cc([N+](C)(C)C)cc5O)c5ccc2[nH]5)C=C4)C=C3)c(O)c1. The van der Waals surface area contributed by atoms with Gasteiger partial charge in [0.15, 0.2) is 0 Å². The fourth-order valence-corrected chi connectivity index (χ4v) is 9.22. The minimum Gasteiger partial charge on any atom is -0.507 e. The van der Waals surface area contributed by atoms with Gasteiger partial charge < -0.3 is 50.8 Å². The normalized spacial score (nSPS) is 13.1. The van der Waals surface area contributed by atoms with Crippen molar-refractivity contribution in [1.82, 2.24) is 37.9 Å². The molecule has 8 bridgehead atoms. The lowest BCUT2D eigenvalue weighted by molar-refractivity contribution is 0.439. The molecule has 9 rings (SSSR count). The number of H-pyrrole nitrogens is 2. The summed E-state index contributed by atoms with van der Waals surface area (Å²) in [4.78, 5) is 17.2. The molecule has 5 heterocycles. The van der Waals surface area contributed by atoms with E-state index in [0.29, 0.717) is 44.8 Å².